The van der Waals surface area contributed by atoms with Gasteiger partial charge in [-0.05, 0) is 75.3 Å². The van der Waals surface area contributed by atoms with Crippen LogP contribution in [0.15, 0.2) is 41.3 Å². The van der Waals surface area contributed by atoms with Crippen molar-refractivity contribution in [1.82, 2.24) is 9.21 Å². The van der Waals surface area contributed by atoms with Gasteiger partial charge in [-0.1, -0.05) is 49.1 Å². The molecule has 8 heteroatoms. The van der Waals surface area contributed by atoms with Crippen molar-refractivity contribution < 1.29 is 18.0 Å². The van der Waals surface area contributed by atoms with Gasteiger partial charge in [0.25, 0.3) is 0 Å². The summed E-state index contributed by atoms with van der Waals surface area (Å²) in [6.07, 6.45) is 7.00. The van der Waals surface area contributed by atoms with Crippen LogP contribution in [0.5, 0.6) is 0 Å². The smallest absolute Gasteiger partial charge is 0.244 e. The zero-order valence-corrected chi connectivity index (χ0v) is 23.1. The molecular formula is C29H39N3O4S. The predicted octanol–water partition coefficient (Wildman–Crippen LogP) is 4.74. The highest BCUT2D eigenvalue weighted by Gasteiger charge is 2.35. The zero-order chi connectivity index (χ0) is 26.6. The number of nitrogens with zero attached hydrogens (tertiary/aromatic N) is 2. The maximum Gasteiger partial charge on any atom is 0.244 e. The van der Waals surface area contributed by atoms with Gasteiger partial charge in [0, 0.05) is 24.8 Å². The van der Waals surface area contributed by atoms with Gasteiger partial charge >= 0.3 is 0 Å². The summed E-state index contributed by atoms with van der Waals surface area (Å²) in [4.78, 5) is 27.8. The molecule has 1 aliphatic heterocycles. The number of hydrogen-bond donors (Lipinski definition) is 1. The molecule has 200 valence electrons. The van der Waals surface area contributed by atoms with Crippen LogP contribution >= 0.6 is 0 Å². The summed E-state index contributed by atoms with van der Waals surface area (Å²) in [7, 11) is -3.86. The van der Waals surface area contributed by atoms with E-state index in [0.717, 1.165) is 69.2 Å². The van der Waals surface area contributed by atoms with E-state index in [1.165, 1.54) is 4.31 Å². The van der Waals surface area contributed by atoms with E-state index in [-0.39, 0.29) is 24.4 Å². The number of aryl methyl sites for hydroxylation is 3. The molecule has 0 radical (unpaired) electrons. The monoisotopic (exact) mass is 525 g/mol. The number of carbonyl (C=O) groups is 2. The minimum absolute atomic E-state index is 0.129. The minimum atomic E-state index is -3.86. The summed E-state index contributed by atoms with van der Waals surface area (Å²) in [5, 5.41) is 2.87. The summed E-state index contributed by atoms with van der Waals surface area (Å²) in [6, 6.07) is 10.8. The van der Waals surface area contributed by atoms with Crippen molar-refractivity contribution in [1.29, 1.82) is 0 Å². The lowest BCUT2D eigenvalue weighted by atomic mass is 9.95. The quantitative estimate of drug-likeness (QED) is 0.539. The fourth-order valence-corrected chi connectivity index (χ4v) is 7.83. The number of likely N-dealkylation sites (tertiary alicyclic amines) is 1. The third kappa shape index (κ3) is 6.60. The summed E-state index contributed by atoms with van der Waals surface area (Å²) >= 11 is 0. The van der Waals surface area contributed by atoms with Crippen LogP contribution < -0.4 is 5.32 Å². The number of sulfonamides is 1. The second kappa shape index (κ2) is 11.8. The van der Waals surface area contributed by atoms with Crippen LogP contribution in [0.1, 0.15) is 67.2 Å². The Bertz CT molecular complexity index is 1210. The van der Waals surface area contributed by atoms with E-state index in [1.807, 2.05) is 49.9 Å². The first-order valence-corrected chi connectivity index (χ1v) is 14.9. The molecule has 2 fully saturated rings. The molecule has 0 spiro atoms. The highest BCUT2D eigenvalue weighted by atomic mass is 32.2. The topological polar surface area (TPSA) is 86.8 Å². The first-order chi connectivity index (χ1) is 17.6. The van der Waals surface area contributed by atoms with Crippen molar-refractivity contribution in [3.05, 3.63) is 58.7 Å². The summed E-state index contributed by atoms with van der Waals surface area (Å²) in [5.41, 5.74) is 3.91. The molecule has 1 N–H and O–H groups in total. The number of rotatable bonds is 8. The molecule has 1 saturated heterocycles. The Balaban J connectivity index is 1.48. The standard InChI is InChI=1S/C29H39N3O4S/c1-21-17-22(2)29(23(3)18-21)37(35,36)32(26-9-5-4-6-10-26)20-27(33)30-25-13-11-24(12-14-25)19-28(34)31-15-7-8-16-31/h11-14,17-18,26H,4-10,15-16,19-20H2,1-3H3,(H,30,33). The lowest BCUT2D eigenvalue weighted by Crippen LogP contribution is -2.46. The number of carbonyl (C=O) groups excluding carboxylic acids is 2. The fraction of sp³-hybridized carbons (Fsp3) is 0.517. The second-order valence-corrected chi connectivity index (χ2v) is 12.4. The van der Waals surface area contributed by atoms with Crippen molar-refractivity contribution in [3.8, 4) is 0 Å². The molecule has 7 nitrogen and oxygen atoms in total. The van der Waals surface area contributed by atoms with Gasteiger partial charge < -0.3 is 10.2 Å². The van der Waals surface area contributed by atoms with E-state index >= 15 is 0 Å². The number of benzene rings is 2. The van der Waals surface area contributed by atoms with E-state index in [0.29, 0.717) is 28.1 Å². The lowest BCUT2D eigenvalue weighted by Gasteiger charge is -2.33. The van der Waals surface area contributed by atoms with Crippen LogP contribution in [-0.2, 0) is 26.0 Å². The molecule has 0 aromatic heterocycles. The number of hydrogen-bond acceptors (Lipinski definition) is 4. The van der Waals surface area contributed by atoms with Crippen LogP contribution in [-0.4, -0.2) is 55.1 Å². The van der Waals surface area contributed by atoms with Crippen LogP contribution in [0.3, 0.4) is 0 Å². The number of amides is 2. The van der Waals surface area contributed by atoms with Gasteiger partial charge in [-0.3, -0.25) is 9.59 Å². The molecule has 1 saturated carbocycles. The van der Waals surface area contributed by atoms with Crippen molar-refractivity contribution in [3.63, 3.8) is 0 Å². The Morgan fingerprint density at radius 3 is 2.11 bits per heavy atom. The molecule has 0 bridgehead atoms. The summed E-state index contributed by atoms with van der Waals surface area (Å²) in [5.74, 6) is -0.234. The molecule has 4 rings (SSSR count). The summed E-state index contributed by atoms with van der Waals surface area (Å²) < 4.78 is 29.3. The third-order valence-corrected chi connectivity index (χ3v) is 9.71. The maximum absolute atomic E-state index is 13.9. The van der Waals surface area contributed by atoms with Gasteiger partial charge in [-0.15, -0.1) is 0 Å². The highest BCUT2D eigenvalue weighted by molar-refractivity contribution is 7.89. The molecule has 2 aromatic carbocycles. The first kappa shape index (κ1) is 27.3. The number of nitrogens with one attached hydrogen (secondary N) is 1. The number of anilines is 1. The molecule has 1 aliphatic carbocycles. The Labute approximate surface area is 221 Å². The third-order valence-electron chi connectivity index (χ3n) is 7.50. The average molecular weight is 526 g/mol. The van der Waals surface area contributed by atoms with Crippen molar-refractivity contribution in [2.24, 2.45) is 0 Å². The van der Waals surface area contributed by atoms with Crippen LogP contribution in [0.2, 0.25) is 0 Å². The molecule has 37 heavy (non-hydrogen) atoms. The molecule has 0 unspecified atom stereocenters. The van der Waals surface area contributed by atoms with E-state index in [1.54, 1.807) is 12.1 Å². The van der Waals surface area contributed by atoms with Gasteiger partial charge in [0.2, 0.25) is 21.8 Å². The van der Waals surface area contributed by atoms with Gasteiger partial charge in [-0.2, -0.15) is 4.31 Å². The Hall–Kier alpha value is -2.71. The fourth-order valence-electron chi connectivity index (χ4n) is 5.77. The van der Waals surface area contributed by atoms with Crippen molar-refractivity contribution in [2.75, 3.05) is 25.0 Å². The first-order valence-electron chi connectivity index (χ1n) is 13.4. The molecule has 2 aromatic rings. The van der Waals surface area contributed by atoms with E-state index in [4.69, 9.17) is 0 Å². The van der Waals surface area contributed by atoms with Crippen LogP contribution in [0.25, 0.3) is 0 Å². The van der Waals surface area contributed by atoms with Gasteiger partial charge in [-0.25, -0.2) is 8.42 Å². The highest BCUT2D eigenvalue weighted by Crippen LogP contribution is 2.31. The Morgan fingerprint density at radius 2 is 1.51 bits per heavy atom. The molecular weight excluding hydrogens is 486 g/mol. The van der Waals surface area contributed by atoms with Gasteiger partial charge in [0.15, 0.2) is 0 Å². The maximum atomic E-state index is 13.9. The van der Waals surface area contributed by atoms with Gasteiger partial charge in [0.1, 0.15) is 0 Å². The van der Waals surface area contributed by atoms with Crippen molar-refractivity contribution >= 4 is 27.5 Å². The molecule has 2 aliphatic rings. The Kier molecular flexibility index (Phi) is 8.70. The van der Waals surface area contributed by atoms with Gasteiger partial charge in [0.05, 0.1) is 17.9 Å². The average Bonchev–Trinajstić information content (AvgIpc) is 3.39. The molecule has 2 amide bonds. The lowest BCUT2D eigenvalue weighted by molar-refractivity contribution is -0.129. The Morgan fingerprint density at radius 1 is 0.919 bits per heavy atom. The minimum Gasteiger partial charge on any atom is -0.342 e. The SMILES string of the molecule is Cc1cc(C)c(S(=O)(=O)N(CC(=O)Nc2ccc(CC(=O)N3CCCC3)cc2)C2CCCCC2)c(C)c1. The normalized spacial score (nSPS) is 16.8. The van der Waals surface area contributed by atoms with Crippen LogP contribution in [0.4, 0.5) is 5.69 Å². The van der Waals surface area contributed by atoms with E-state index in [9.17, 15) is 18.0 Å². The van der Waals surface area contributed by atoms with E-state index < -0.39 is 10.0 Å². The zero-order valence-electron chi connectivity index (χ0n) is 22.3. The van der Waals surface area contributed by atoms with Crippen LogP contribution in [0, 0.1) is 20.8 Å². The van der Waals surface area contributed by atoms with Crippen molar-refractivity contribution in [2.45, 2.75) is 83.1 Å². The second-order valence-electron chi connectivity index (χ2n) is 10.6. The molecule has 1 heterocycles. The largest absolute Gasteiger partial charge is 0.342 e. The molecule has 0 atom stereocenters. The predicted molar refractivity (Wildman–Crippen MR) is 146 cm³/mol. The van der Waals surface area contributed by atoms with E-state index in [2.05, 4.69) is 5.32 Å². The summed E-state index contributed by atoms with van der Waals surface area (Å²) in [6.45, 7) is 7.03.